The van der Waals surface area contributed by atoms with Gasteiger partial charge in [0.05, 0.1) is 5.75 Å². The number of carbonyl (C=O) groups excluding carboxylic acids is 2. The van der Waals surface area contributed by atoms with E-state index in [-0.39, 0.29) is 5.75 Å². The molecular weight excluding hydrogens is 302 g/mol. The number of hydrogen-bond acceptors (Lipinski definition) is 5. The van der Waals surface area contributed by atoms with Crippen molar-refractivity contribution in [3.8, 4) is 11.4 Å². The molecule has 0 aliphatic carbocycles. The van der Waals surface area contributed by atoms with E-state index in [9.17, 15) is 9.59 Å². The highest BCUT2D eigenvalue weighted by atomic mass is 32.2. The number of imide groups is 1. The van der Waals surface area contributed by atoms with Crippen LogP contribution in [0, 0.1) is 0 Å². The third-order valence-electron chi connectivity index (χ3n) is 2.66. The van der Waals surface area contributed by atoms with Crippen molar-refractivity contribution in [3.05, 3.63) is 43.0 Å². The number of aromatic nitrogens is 3. The molecule has 0 saturated heterocycles. The summed E-state index contributed by atoms with van der Waals surface area (Å²) in [5.74, 6) is 0.234. The van der Waals surface area contributed by atoms with Crippen molar-refractivity contribution in [1.82, 2.24) is 20.1 Å². The topological polar surface area (TPSA) is 103 Å². The van der Waals surface area contributed by atoms with Gasteiger partial charge in [0.2, 0.25) is 5.91 Å². The van der Waals surface area contributed by atoms with E-state index >= 15 is 0 Å². The number of rotatable bonds is 6. The maximum absolute atomic E-state index is 11.5. The number of hydrogen-bond donors (Lipinski definition) is 2. The zero-order valence-electron chi connectivity index (χ0n) is 11.7. The van der Waals surface area contributed by atoms with Crippen LogP contribution in [-0.4, -0.2) is 32.5 Å². The Kier molecular flexibility index (Phi) is 5.31. The van der Waals surface area contributed by atoms with Gasteiger partial charge >= 0.3 is 6.03 Å². The van der Waals surface area contributed by atoms with Crippen molar-refractivity contribution < 1.29 is 9.59 Å². The molecule has 0 aliphatic rings. The van der Waals surface area contributed by atoms with Crippen LogP contribution in [0.2, 0.25) is 0 Å². The van der Waals surface area contributed by atoms with Crippen molar-refractivity contribution in [2.75, 3.05) is 5.75 Å². The number of benzene rings is 1. The molecule has 22 heavy (non-hydrogen) atoms. The molecular formula is C14H15N5O2S. The molecule has 3 amide bonds. The average molecular weight is 317 g/mol. The molecule has 0 aliphatic heterocycles. The summed E-state index contributed by atoms with van der Waals surface area (Å²) in [7, 11) is 0. The number of thioether (sulfide) groups is 1. The van der Waals surface area contributed by atoms with Crippen LogP contribution >= 0.6 is 11.8 Å². The Balaban J connectivity index is 2.18. The van der Waals surface area contributed by atoms with Gasteiger partial charge in [-0.1, -0.05) is 48.2 Å². The molecule has 3 N–H and O–H groups in total. The number of carbonyl (C=O) groups is 2. The molecule has 0 fully saturated rings. The van der Waals surface area contributed by atoms with Crippen LogP contribution in [-0.2, 0) is 11.3 Å². The van der Waals surface area contributed by atoms with Crippen LogP contribution < -0.4 is 11.1 Å². The summed E-state index contributed by atoms with van der Waals surface area (Å²) in [4.78, 5) is 22.1. The third kappa shape index (κ3) is 3.95. The van der Waals surface area contributed by atoms with Crippen LogP contribution in [0.15, 0.2) is 48.1 Å². The number of primary amides is 1. The van der Waals surface area contributed by atoms with E-state index < -0.39 is 11.9 Å². The second kappa shape index (κ2) is 7.41. The van der Waals surface area contributed by atoms with E-state index in [0.29, 0.717) is 17.5 Å². The maximum atomic E-state index is 11.5. The lowest BCUT2D eigenvalue weighted by Gasteiger charge is -2.07. The zero-order valence-corrected chi connectivity index (χ0v) is 12.5. The van der Waals surface area contributed by atoms with Crippen molar-refractivity contribution in [1.29, 1.82) is 0 Å². The first-order chi connectivity index (χ1) is 10.6. The Bertz CT molecular complexity index is 684. The molecule has 0 unspecified atom stereocenters. The largest absolute Gasteiger partial charge is 0.351 e. The normalized spacial score (nSPS) is 10.2. The minimum absolute atomic E-state index is 0.0208. The summed E-state index contributed by atoms with van der Waals surface area (Å²) < 4.78 is 1.85. The minimum atomic E-state index is -0.872. The van der Waals surface area contributed by atoms with Crippen molar-refractivity contribution in [2.45, 2.75) is 11.7 Å². The van der Waals surface area contributed by atoms with Crippen LogP contribution in [0.1, 0.15) is 0 Å². The highest BCUT2D eigenvalue weighted by Gasteiger charge is 2.15. The zero-order chi connectivity index (χ0) is 15.9. The molecule has 0 radical (unpaired) electrons. The van der Waals surface area contributed by atoms with Gasteiger partial charge < -0.3 is 5.73 Å². The van der Waals surface area contributed by atoms with Gasteiger partial charge in [-0.2, -0.15) is 0 Å². The highest BCUT2D eigenvalue weighted by molar-refractivity contribution is 7.99. The van der Waals surface area contributed by atoms with Crippen LogP contribution in [0.4, 0.5) is 4.79 Å². The van der Waals surface area contributed by atoms with Crippen LogP contribution in [0.25, 0.3) is 11.4 Å². The van der Waals surface area contributed by atoms with Gasteiger partial charge in [-0.05, 0) is 0 Å². The van der Waals surface area contributed by atoms with Crippen LogP contribution in [0.3, 0.4) is 0 Å². The number of amides is 3. The fourth-order valence-corrected chi connectivity index (χ4v) is 2.54. The molecule has 7 nitrogen and oxygen atoms in total. The summed E-state index contributed by atoms with van der Waals surface area (Å²) in [6, 6.07) is 8.73. The lowest BCUT2D eigenvalue weighted by Crippen LogP contribution is -2.36. The first kappa shape index (κ1) is 15.8. The molecule has 1 heterocycles. The fourth-order valence-electron chi connectivity index (χ4n) is 1.79. The summed E-state index contributed by atoms with van der Waals surface area (Å²) in [5.41, 5.74) is 5.82. The van der Waals surface area contributed by atoms with Gasteiger partial charge in [-0.25, -0.2) is 4.79 Å². The van der Waals surface area contributed by atoms with Gasteiger partial charge in [0, 0.05) is 12.1 Å². The Hall–Kier alpha value is -2.61. The fraction of sp³-hybridized carbons (Fsp3) is 0.143. The van der Waals surface area contributed by atoms with Gasteiger partial charge in [-0.15, -0.1) is 16.8 Å². The van der Waals surface area contributed by atoms with E-state index in [4.69, 9.17) is 5.73 Å². The minimum Gasteiger partial charge on any atom is -0.351 e. The molecule has 2 rings (SSSR count). The van der Waals surface area contributed by atoms with E-state index in [1.165, 1.54) is 11.8 Å². The second-order valence-corrected chi connectivity index (χ2v) is 5.22. The number of nitrogens with one attached hydrogen (secondary N) is 1. The smallest absolute Gasteiger partial charge is 0.318 e. The quantitative estimate of drug-likeness (QED) is 0.619. The SMILES string of the molecule is C=CCn1c(SCC(=O)NC(N)=O)nnc1-c1ccccc1. The molecule has 0 spiro atoms. The van der Waals surface area contributed by atoms with Crippen molar-refractivity contribution >= 4 is 23.7 Å². The van der Waals surface area contributed by atoms with Gasteiger partial charge in [0.15, 0.2) is 11.0 Å². The first-order valence-corrected chi connectivity index (χ1v) is 7.42. The molecule has 1 aromatic heterocycles. The van der Waals surface area contributed by atoms with Gasteiger partial charge in [0.1, 0.15) is 0 Å². The summed E-state index contributed by atoms with van der Waals surface area (Å²) >= 11 is 1.17. The van der Waals surface area contributed by atoms with Gasteiger partial charge in [-0.3, -0.25) is 14.7 Å². The highest BCUT2D eigenvalue weighted by Crippen LogP contribution is 2.23. The molecule has 2 aromatic rings. The third-order valence-corrected chi connectivity index (χ3v) is 3.62. The van der Waals surface area contributed by atoms with E-state index in [1.54, 1.807) is 6.08 Å². The maximum Gasteiger partial charge on any atom is 0.318 e. The Morgan fingerprint density at radius 2 is 2.05 bits per heavy atom. The first-order valence-electron chi connectivity index (χ1n) is 6.43. The Morgan fingerprint density at radius 3 is 2.68 bits per heavy atom. The van der Waals surface area contributed by atoms with Crippen LogP contribution in [0.5, 0.6) is 0 Å². The molecule has 8 heteroatoms. The molecule has 0 atom stereocenters. The van der Waals surface area contributed by atoms with E-state index in [0.717, 1.165) is 5.56 Å². The number of nitrogens with two attached hydrogens (primary N) is 1. The summed E-state index contributed by atoms with van der Waals surface area (Å²) in [5, 5.41) is 10.8. The summed E-state index contributed by atoms with van der Waals surface area (Å²) in [6.45, 7) is 4.23. The molecule has 0 bridgehead atoms. The number of urea groups is 1. The average Bonchev–Trinajstić information content (AvgIpc) is 2.89. The van der Waals surface area contributed by atoms with Crippen molar-refractivity contribution in [2.24, 2.45) is 5.73 Å². The van der Waals surface area contributed by atoms with Crippen molar-refractivity contribution in [3.63, 3.8) is 0 Å². The Morgan fingerprint density at radius 1 is 1.32 bits per heavy atom. The lowest BCUT2D eigenvalue weighted by molar-refractivity contribution is -0.117. The Labute approximate surface area is 131 Å². The van der Waals surface area contributed by atoms with Gasteiger partial charge in [0.25, 0.3) is 0 Å². The molecule has 1 aromatic carbocycles. The van der Waals surface area contributed by atoms with E-state index in [2.05, 4.69) is 16.8 Å². The predicted molar refractivity (Wildman–Crippen MR) is 84.1 cm³/mol. The summed E-state index contributed by atoms with van der Waals surface area (Å²) in [6.07, 6.45) is 1.73. The molecule has 114 valence electrons. The standard InChI is InChI=1S/C14H15N5O2S/c1-2-8-19-12(10-6-4-3-5-7-10)17-18-14(19)22-9-11(20)16-13(15)21/h2-7H,1,8-9H2,(H3,15,16,20,21). The lowest BCUT2D eigenvalue weighted by atomic mass is 10.2. The molecule has 0 saturated carbocycles. The van der Waals surface area contributed by atoms with E-state index in [1.807, 2.05) is 40.2 Å². The number of nitrogens with zero attached hydrogens (tertiary/aromatic N) is 3. The second-order valence-electron chi connectivity index (χ2n) is 4.27. The number of allylic oxidation sites excluding steroid dienone is 1. The monoisotopic (exact) mass is 317 g/mol. The predicted octanol–water partition coefficient (Wildman–Crippen LogP) is 1.42.